The quantitative estimate of drug-likeness (QED) is 0.930. The number of amides is 1. The molecule has 0 spiro atoms. The van der Waals surface area contributed by atoms with Crippen LogP contribution in [0.15, 0.2) is 28.8 Å². The van der Waals surface area contributed by atoms with Crippen molar-refractivity contribution in [2.75, 3.05) is 18.4 Å². The van der Waals surface area contributed by atoms with Gasteiger partial charge in [0.05, 0.1) is 12.6 Å². The van der Waals surface area contributed by atoms with Crippen molar-refractivity contribution >= 4 is 11.6 Å². The summed E-state index contributed by atoms with van der Waals surface area (Å²) in [5.41, 5.74) is 1.85. The van der Waals surface area contributed by atoms with E-state index < -0.39 is 0 Å². The maximum absolute atomic E-state index is 13.6. The SMILES string of the molecule is Cc1cc([C@H]2CCCCN2CC(=O)Nc2cccc(F)c2C)no1. The van der Waals surface area contributed by atoms with Gasteiger partial charge in [0.15, 0.2) is 0 Å². The lowest BCUT2D eigenvalue weighted by molar-refractivity contribution is -0.118. The number of hydrogen-bond donors (Lipinski definition) is 1. The second kappa shape index (κ2) is 7.13. The van der Waals surface area contributed by atoms with E-state index in [-0.39, 0.29) is 24.3 Å². The van der Waals surface area contributed by atoms with E-state index in [1.165, 1.54) is 6.07 Å². The zero-order chi connectivity index (χ0) is 17.1. The molecule has 128 valence electrons. The number of nitrogens with one attached hydrogen (secondary N) is 1. The number of halogens is 1. The first-order valence-corrected chi connectivity index (χ1v) is 8.27. The third kappa shape index (κ3) is 3.64. The minimum atomic E-state index is -0.318. The van der Waals surface area contributed by atoms with E-state index in [1.807, 2.05) is 13.0 Å². The Kier molecular flexibility index (Phi) is 4.94. The number of carbonyl (C=O) groups is 1. The van der Waals surface area contributed by atoms with Gasteiger partial charge in [-0.25, -0.2) is 4.39 Å². The fraction of sp³-hybridized carbons (Fsp3) is 0.444. The number of benzene rings is 1. The van der Waals surface area contributed by atoms with Gasteiger partial charge in [0, 0.05) is 17.3 Å². The predicted molar refractivity (Wildman–Crippen MR) is 89.2 cm³/mol. The van der Waals surface area contributed by atoms with Gasteiger partial charge in [0.1, 0.15) is 17.3 Å². The maximum Gasteiger partial charge on any atom is 0.238 e. The second-order valence-corrected chi connectivity index (χ2v) is 6.31. The van der Waals surface area contributed by atoms with Crippen molar-refractivity contribution in [2.24, 2.45) is 0 Å². The molecular weight excluding hydrogens is 309 g/mol. The van der Waals surface area contributed by atoms with E-state index in [1.54, 1.807) is 19.1 Å². The maximum atomic E-state index is 13.6. The largest absolute Gasteiger partial charge is 0.361 e. The molecule has 0 aliphatic carbocycles. The molecule has 2 heterocycles. The topological polar surface area (TPSA) is 58.4 Å². The summed E-state index contributed by atoms with van der Waals surface area (Å²) in [7, 11) is 0. The number of anilines is 1. The molecule has 1 aromatic carbocycles. The molecule has 1 aliphatic heterocycles. The third-order valence-corrected chi connectivity index (χ3v) is 4.49. The van der Waals surface area contributed by atoms with Crippen LogP contribution in [0.25, 0.3) is 0 Å². The van der Waals surface area contributed by atoms with Gasteiger partial charge in [0.25, 0.3) is 0 Å². The van der Waals surface area contributed by atoms with Crippen LogP contribution in [0.3, 0.4) is 0 Å². The molecule has 0 radical (unpaired) electrons. The molecule has 3 rings (SSSR count). The van der Waals surface area contributed by atoms with Crippen LogP contribution in [0.5, 0.6) is 0 Å². The number of rotatable bonds is 4. The average Bonchev–Trinajstić information content (AvgIpc) is 2.99. The van der Waals surface area contributed by atoms with Crippen LogP contribution in [0.1, 0.15) is 42.3 Å². The Morgan fingerprint density at radius 1 is 1.42 bits per heavy atom. The van der Waals surface area contributed by atoms with Crippen molar-refractivity contribution in [1.82, 2.24) is 10.1 Å². The zero-order valence-electron chi connectivity index (χ0n) is 14.0. The number of aryl methyl sites for hydroxylation is 1. The van der Waals surface area contributed by atoms with Gasteiger partial charge in [-0.15, -0.1) is 0 Å². The van der Waals surface area contributed by atoms with Crippen LogP contribution in [0, 0.1) is 19.7 Å². The molecule has 1 saturated heterocycles. The van der Waals surface area contributed by atoms with Gasteiger partial charge < -0.3 is 9.84 Å². The van der Waals surface area contributed by atoms with E-state index in [0.29, 0.717) is 11.3 Å². The van der Waals surface area contributed by atoms with Crippen molar-refractivity contribution in [3.8, 4) is 0 Å². The fourth-order valence-corrected chi connectivity index (χ4v) is 3.17. The summed E-state index contributed by atoms with van der Waals surface area (Å²) in [4.78, 5) is 14.5. The van der Waals surface area contributed by atoms with Crippen molar-refractivity contribution < 1.29 is 13.7 Å². The molecule has 24 heavy (non-hydrogen) atoms. The number of carbonyl (C=O) groups excluding carboxylic acids is 1. The second-order valence-electron chi connectivity index (χ2n) is 6.31. The van der Waals surface area contributed by atoms with E-state index >= 15 is 0 Å². The summed E-state index contributed by atoms with van der Waals surface area (Å²) in [5.74, 6) is 0.313. The first-order chi connectivity index (χ1) is 11.5. The number of piperidine rings is 1. The summed E-state index contributed by atoms with van der Waals surface area (Å²) in [6.45, 7) is 4.62. The standard InChI is InChI=1S/C18H22FN3O2/c1-12-10-16(21-24-12)17-8-3-4-9-22(17)11-18(23)20-15-7-5-6-14(19)13(15)2/h5-7,10,17H,3-4,8-9,11H2,1-2H3,(H,20,23)/t17-/m1/s1. The van der Waals surface area contributed by atoms with E-state index in [9.17, 15) is 9.18 Å². The molecule has 0 bridgehead atoms. The Hall–Kier alpha value is -2.21. The van der Waals surface area contributed by atoms with E-state index in [4.69, 9.17) is 4.52 Å². The lowest BCUT2D eigenvalue weighted by Gasteiger charge is -2.33. The van der Waals surface area contributed by atoms with Crippen molar-refractivity contribution in [1.29, 1.82) is 0 Å². The molecule has 2 aromatic rings. The van der Waals surface area contributed by atoms with E-state index in [0.717, 1.165) is 37.3 Å². The first kappa shape index (κ1) is 16.6. The van der Waals surface area contributed by atoms with Crippen LogP contribution < -0.4 is 5.32 Å². The Bertz CT molecular complexity index is 729. The molecule has 1 fully saturated rings. The number of nitrogens with zero attached hydrogens (tertiary/aromatic N) is 2. The third-order valence-electron chi connectivity index (χ3n) is 4.49. The summed E-state index contributed by atoms with van der Waals surface area (Å²) >= 11 is 0. The summed E-state index contributed by atoms with van der Waals surface area (Å²) in [6.07, 6.45) is 3.12. The minimum Gasteiger partial charge on any atom is -0.361 e. The van der Waals surface area contributed by atoms with Crippen molar-refractivity contribution in [3.63, 3.8) is 0 Å². The molecule has 1 N–H and O–H groups in total. The monoisotopic (exact) mass is 331 g/mol. The average molecular weight is 331 g/mol. The number of aromatic nitrogens is 1. The lowest BCUT2D eigenvalue weighted by atomic mass is 9.99. The molecule has 0 unspecified atom stereocenters. The molecule has 6 heteroatoms. The highest BCUT2D eigenvalue weighted by Crippen LogP contribution is 2.30. The Morgan fingerprint density at radius 3 is 3.00 bits per heavy atom. The summed E-state index contributed by atoms with van der Waals surface area (Å²) < 4.78 is 18.8. The predicted octanol–water partition coefficient (Wildman–Crippen LogP) is 3.60. The smallest absolute Gasteiger partial charge is 0.238 e. The molecule has 0 saturated carbocycles. The normalized spacial score (nSPS) is 18.5. The van der Waals surface area contributed by atoms with E-state index in [2.05, 4.69) is 15.4 Å². The van der Waals surface area contributed by atoms with Gasteiger partial charge in [-0.1, -0.05) is 17.6 Å². The molecule has 1 amide bonds. The van der Waals surface area contributed by atoms with Crippen LogP contribution in [-0.2, 0) is 4.79 Å². The van der Waals surface area contributed by atoms with Gasteiger partial charge in [0.2, 0.25) is 5.91 Å². The van der Waals surface area contributed by atoms with Gasteiger partial charge in [-0.3, -0.25) is 9.69 Å². The fourth-order valence-electron chi connectivity index (χ4n) is 3.17. The molecule has 1 aliphatic rings. The van der Waals surface area contributed by atoms with Crippen molar-refractivity contribution in [3.05, 3.63) is 47.1 Å². The highest BCUT2D eigenvalue weighted by molar-refractivity contribution is 5.93. The lowest BCUT2D eigenvalue weighted by Crippen LogP contribution is -2.39. The summed E-state index contributed by atoms with van der Waals surface area (Å²) in [6, 6.07) is 6.72. The van der Waals surface area contributed by atoms with Crippen LogP contribution in [-0.4, -0.2) is 29.1 Å². The van der Waals surface area contributed by atoms with Crippen molar-refractivity contribution in [2.45, 2.75) is 39.2 Å². The molecular formula is C18H22FN3O2. The highest BCUT2D eigenvalue weighted by Gasteiger charge is 2.28. The van der Waals surface area contributed by atoms with Crippen LogP contribution in [0.2, 0.25) is 0 Å². The minimum absolute atomic E-state index is 0.0931. The van der Waals surface area contributed by atoms with Gasteiger partial charge >= 0.3 is 0 Å². The Balaban J connectivity index is 1.68. The van der Waals surface area contributed by atoms with Crippen LogP contribution >= 0.6 is 0 Å². The highest BCUT2D eigenvalue weighted by atomic mass is 19.1. The van der Waals surface area contributed by atoms with Gasteiger partial charge in [-0.05, 0) is 45.4 Å². The Labute approximate surface area is 140 Å². The first-order valence-electron chi connectivity index (χ1n) is 8.27. The van der Waals surface area contributed by atoms with Crippen LogP contribution in [0.4, 0.5) is 10.1 Å². The zero-order valence-corrected chi connectivity index (χ0v) is 14.0. The molecule has 5 nitrogen and oxygen atoms in total. The molecule has 1 aromatic heterocycles. The molecule has 1 atom stereocenters. The number of hydrogen-bond acceptors (Lipinski definition) is 4. The number of likely N-dealkylation sites (tertiary alicyclic amines) is 1. The Morgan fingerprint density at radius 2 is 2.25 bits per heavy atom. The summed E-state index contributed by atoms with van der Waals surface area (Å²) in [5, 5.41) is 6.92. The van der Waals surface area contributed by atoms with Gasteiger partial charge in [-0.2, -0.15) is 0 Å².